The number of aryl methyl sites for hydroxylation is 4. The third kappa shape index (κ3) is 2.49. The maximum atomic E-state index is 4.17. The molecular weight excluding hydrogens is 210 g/mol. The molecule has 0 saturated carbocycles. The van der Waals surface area contributed by atoms with Crippen LogP contribution in [0.1, 0.15) is 28.1 Å². The highest BCUT2D eigenvalue weighted by Gasteiger charge is 2.05. The first-order chi connectivity index (χ1) is 8.08. The summed E-state index contributed by atoms with van der Waals surface area (Å²) in [5, 5.41) is 10.6. The number of aromatic amines is 1. The van der Waals surface area contributed by atoms with Gasteiger partial charge < -0.3 is 5.32 Å². The normalized spacial score (nSPS) is 10.6. The number of hydrogen-bond donors (Lipinski definition) is 2. The Morgan fingerprint density at radius 2 is 1.88 bits per heavy atom. The predicted molar refractivity (Wildman–Crippen MR) is 71.3 cm³/mol. The molecule has 2 aromatic rings. The molecule has 1 heterocycles. The Hall–Kier alpha value is -1.77. The second-order valence-electron chi connectivity index (χ2n) is 4.58. The summed E-state index contributed by atoms with van der Waals surface area (Å²) in [5.74, 6) is 0. The van der Waals surface area contributed by atoms with Gasteiger partial charge >= 0.3 is 0 Å². The number of nitrogens with one attached hydrogen (secondary N) is 2. The molecule has 0 radical (unpaired) electrons. The molecule has 3 nitrogen and oxygen atoms in total. The van der Waals surface area contributed by atoms with Gasteiger partial charge in [0.25, 0.3) is 0 Å². The molecule has 0 fully saturated rings. The Morgan fingerprint density at radius 1 is 1.12 bits per heavy atom. The minimum absolute atomic E-state index is 0.836. The van der Waals surface area contributed by atoms with Gasteiger partial charge in [-0.15, -0.1) is 0 Å². The monoisotopic (exact) mass is 229 g/mol. The molecule has 0 amide bonds. The highest BCUT2D eigenvalue weighted by Crippen LogP contribution is 2.18. The Morgan fingerprint density at radius 3 is 2.47 bits per heavy atom. The third-order valence-electron chi connectivity index (χ3n) is 3.17. The molecule has 0 spiro atoms. The van der Waals surface area contributed by atoms with Gasteiger partial charge in [0.2, 0.25) is 0 Å². The van der Waals surface area contributed by atoms with Crippen molar-refractivity contribution in [3.05, 3.63) is 46.3 Å². The quantitative estimate of drug-likeness (QED) is 0.848. The number of rotatable bonds is 3. The van der Waals surface area contributed by atoms with E-state index in [9.17, 15) is 0 Å². The van der Waals surface area contributed by atoms with Gasteiger partial charge in [-0.2, -0.15) is 5.10 Å². The van der Waals surface area contributed by atoms with Crippen molar-refractivity contribution >= 4 is 5.69 Å². The smallest absolute Gasteiger partial charge is 0.0825 e. The number of hydrogen-bond acceptors (Lipinski definition) is 2. The fourth-order valence-corrected chi connectivity index (χ4v) is 1.92. The first-order valence-corrected chi connectivity index (χ1v) is 5.89. The average molecular weight is 229 g/mol. The van der Waals surface area contributed by atoms with Crippen LogP contribution in [-0.2, 0) is 6.54 Å². The van der Waals surface area contributed by atoms with Crippen LogP contribution in [-0.4, -0.2) is 10.2 Å². The van der Waals surface area contributed by atoms with E-state index in [2.05, 4.69) is 47.6 Å². The molecule has 0 aliphatic rings. The topological polar surface area (TPSA) is 40.7 Å². The second-order valence-corrected chi connectivity index (χ2v) is 4.58. The van der Waals surface area contributed by atoms with Gasteiger partial charge in [-0.1, -0.05) is 18.2 Å². The summed E-state index contributed by atoms with van der Waals surface area (Å²) in [7, 11) is 0. The number of benzene rings is 1. The fourth-order valence-electron chi connectivity index (χ4n) is 1.92. The molecule has 0 unspecified atom stereocenters. The van der Waals surface area contributed by atoms with Crippen LogP contribution >= 0.6 is 0 Å². The molecule has 0 aliphatic carbocycles. The van der Waals surface area contributed by atoms with Gasteiger partial charge in [0.05, 0.1) is 17.1 Å². The van der Waals surface area contributed by atoms with E-state index in [1.165, 1.54) is 16.7 Å². The van der Waals surface area contributed by atoms with E-state index in [1.54, 1.807) is 0 Å². The summed E-state index contributed by atoms with van der Waals surface area (Å²) in [6.45, 7) is 9.15. The summed E-state index contributed by atoms with van der Waals surface area (Å²) in [5.41, 5.74) is 7.20. The first kappa shape index (κ1) is 11.7. The Labute approximate surface area is 102 Å². The van der Waals surface area contributed by atoms with Gasteiger partial charge in [0.15, 0.2) is 0 Å². The maximum Gasteiger partial charge on any atom is 0.0825 e. The van der Waals surface area contributed by atoms with Crippen molar-refractivity contribution in [1.82, 2.24) is 10.2 Å². The van der Waals surface area contributed by atoms with Gasteiger partial charge in [-0.25, -0.2) is 0 Å². The zero-order chi connectivity index (χ0) is 12.4. The molecule has 0 aliphatic heterocycles. The van der Waals surface area contributed by atoms with E-state index in [-0.39, 0.29) is 0 Å². The highest BCUT2D eigenvalue weighted by atomic mass is 15.1. The number of aromatic nitrogens is 2. The van der Waals surface area contributed by atoms with Crippen molar-refractivity contribution in [3.63, 3.8) is 0 Å². The lowest BCUT2D eigenvalue weighted by Crippen LogP contribution is -2.01. The molecule has 90 valence electrons. The van der Waals surface area contributed by atoms with Crippen LogP contribution in [0.5, 0.6) is 0 Å². The standard InChI is InChI=1S/C14H19N3/c1-9-5-6-13(7-10(9)2)8-15-14-11(3)16-17-12(14)4/h5-7,15H,8H2,1-4H3,(H,16,17). The van der Waals surface area contributed by atoms with Crippen molar-refractivity contribution in [2.75, 3.05) is 5.32 Å². The fraction of sp³-hybridized carbons (Fsp3) is 0.357. The molecule has 3 heteroatoms. The Balaban J connectivity index is 2.10. The minimum Gasteiger partial charge on any atom is -0.378 e. The lowest BCUT2D eigenvalue weighted by molar-refractivity contribution is 1.02. The Bertz CT molecular complexity index is 507. The summed E-state index contributed by atoms with van der Waals surface area (Å²) in [6, 6.07) is 6.56. The average Bonchev–Trinajstić information content (AvgIpc) is 2.61. The van der Waals surface area contributed by atoms with Crippen molar-refractivity contribution in [1.29, 1.82) is 0 Å². The van der Waals surface area contributed by atoms with Crippen LogP contribution in [0.25, 0.3) is 0 Å². The van der Waals surface area contributed by atoms with E-state index in [4.69, 9.17) is 0 Å². The molecule has 0 saturated heterocycles. The van der Waals surface area contributed by atoms with Crippen molar-refractivity contribution in [3.8, 4) is 0 Å². The molecule has 1 aromatic carbocycles. The van der Waals surface area contributed by atoms with Gasteiger partial charge in [-0.05, 0) is 44.4 Å². The van der Waals surface area contributed by atoms with Crippen LogP contribution in [0.4, 0.5) is 5.69 Å². The number of H-pyrrole nitrogens is 1. The first-order valence-electron chi connectivity index (χ1n) is 5.89. The molecule has 0 atom stereocenters. The van der Waals surface area contributed by atoms with Crippen molar-refractivity contribution < 1.29 is 0 Å². The van der Waals surface area contributed by atoms with Crippen molar-refractivity contribution in [2.24, 2.45) is 0 Å². The van der Waals surface area contributed by atoms with E-state index in [0.717, 1.165) is 23.6 Å². The molecule has 2 rings (SSSR count). The van der Waals surface area contributed by atoms with Crippen LogP contribution in [0, 0.1) is 27.7 Å². The van der Waals surface area contributed by atoms with Crippen molar-refractivity contribution in [2.45, 2.75) is 34.2 Å². The van der Waals surface area contributed by atoms with Crippen LogP contribution in [0.15, 0.2) is 18.2 Å². The molecular formula is C14H19N3. The second kappa shape index (κ2) is 4.62. The maximum absolute atomic E-state index is 4.17. The minimum atomic E-state index is 0.836. The SMILES string of the molecule is Cc1ccc(CNc2c(C)n[nH]c2C)cc1C. The lowest BCUT2D eigenvalue weighted by atomic mass is 10.1. The van der Waals surface area contributed by atoms with Gasteiger partial charge in [0, 0.05) is 6.54 Å². The predicted octanol–water partition coefficient (Wildman–Crippen LogP) is 3.26. The van der Waals surface area contributed by atoms with E-state index >= 15 is 0 Å². The molecule has 17 heavy (non-hydrogen) atoms. The molecule has 0 bridgehead atoms. The van der Waals surface area contributed by atoms with E-state index in [1.807, 2.05) is 13.8 Å². The van der Waals surface area contributed by atoms with Crippen LogP contribution in [0.2, 0.25) is 0 Å². The zero-order valence-electron chi connectivity index (χ0n) is 10.9. The summed E-state index contributed by atoms with van der Waals surface area (Å²) < 4.78 is 0. The lowest BCUT2D eigenvalue weighted by Gasteiger charge is -2.08. The summed E-state index contributed by atoms with van der Waals surface area (Å²) >= 11 is 0. The van der Waals surface area contributed by atoms with Crippen LogP contribution < -0.4 is 5.32 Å². The zero-order valence-corrected chi connectivity index (χ0v) is 10.9. The Kier molecular flexibility index (Phi) is 3.18. The van der Waals surface area contributed by atoms with E-state index in [0.29, 0.717) is 0 Å². The summed E-state index contributed by atoms with van der Waals surface area (Å²) in [6.07, 6.45) is 0. The largest absolute Gasteiger partial charge is 0.378 e. The number of anilines is 1. The van der Waals surface area contributed by atoms with Crippen LogP contribution in [0.3, 0.4) is 0 Å². The molecule has 2 N–H and O–H groups in total. The van der Waals surface area contributed by atoms with E-state index < -0.39 is 0 Å². The number of nitrogens with zero attached hydrogens (tertiary/aromatic N) is 1. The van der Waals surface area contributed by atoms with Gasteiger partial charge in [-0.3, -0.25) is 5.10 Å². The third-order valence-corrected chi connectivity index (χ3v) is 3.17. The van der Waals surface area contributed by atoms with Gasteiger partial charge in [0.1, 0.15) is 0 Å². The summed E-state index contributed by atoms with van der Waals surface area (Å²) in [4.78, 5) is 0. The highest BCUT2D eigenvalue weighted by molar-refractivity contribution is 5.51. The molecule has 1 aromatic heterocycles.